The number of halogens is 1. The Morgan fingerprint density at radius 1 is 1.63 bits per heavy atom. The molecule has 1 fully saturated rings. The van der Waals surface area contributed by atoms with Gasteiger partial charge in [-0.15, -0.1) is 5.10 Å². The molecule has 8 nitrogen and oxygen atoms in total. The van der Waals surface area contributed by atoms with Crippen molar-refractivity contribution in [1.29, 1.82) is 5.26 Å². The second-order valence-corrected chi connectivity index (χ2v) is 4.42. The molecular weight excluding hydrogens is 272 g/mol. The minimum Gasteiger partial charge on any atom is -0.465 e. The van der Waals surface area contributed by atoms with Gasteiger partial charge >= 0.3 is 6.09 Å². The predicted octanol–water partition coefficient (Wildman–Crippen LogP) is 1.30. The number of nitrogens with zero attached hydrogens (tertiary/aromatic N) is 6. The molecule has 1 aliphatic carbocycles. The summed E-state index contributed by atoms with van der Waals surface area (Å²) in [4.78, 5) is 20.4. The minimum absolute atomic E-state index is 0.108. The van der Waals surface area contributed by atoms with Crippen molar-refractivity contribution in [1.82, 2.24) is 19.6 Å². The van der Waals surface area contributed by atoms with E-state index < -0.39 is 6.09 Å². The molecule has 2 aromatic heterocycles. The second kappa shape index (κ2) is 4.07. The molecule has 19 heavy (non-hydrogen) atoms. The fraction of sp³-hybridized carbons (Fsp3) is 0.300. The minimum atomic E-state index is -1.12. The number of hydrogen-bond donors (Lipinski definition) is 1. The van der Waals surface area contributed by atoms with Gasteiger partial charge in [0.2, 0.25) is 5.28 Å². The third kappa shape index (κ3) is 1.84. The summed E-state index contributed by atoms with van der Waals surface area (Å²) in [6.07, 6.45) is 1.72. The molecule has 0 aliphatic heterocycles. The van der Waals surface area contributed by atoms with Crippen LogP contribution in [0.1, 0.15) is 18.5 Å². The van der Waals surface area contributed by atoms with Gasteiger partial charge in [-0.25, -0.2) is 9.78 Å². The number of hydrogen-bond acceptors (Lipinski definition) is 5. The molecule has 0 unspecified atom stereocenters. The normalized spacial score (nSPS) is 14.3. The zero-order valence-corrected chi connectivity index (χ0v) is 10.2. The van der Waals surface area contributed by atoms with E-state index in [0.717, 1.165) is 17.7 Å². The molecule has 2 heterocycles. The van der Waals surface area contributed by atoms with Gasteiger partial charge in [-0.3, -0.25) is 4.90 Å². The SMILES string of the molecule is N#Cc1cnc2c(N(C(=O)O)C3CC3)nc(Cl)nn12. The van der Waals surface area contributed by atoms with Crippen LogP contribution >= 0.6 is 11.6 Å². The maximum Gasteiger partial charge on any atom is 0.413 e. The van der Waals surface area contributed by atoms with Crippen LogP contribution in [-0.2, 0) is 0 Å². The Hall–Kier alpha value is -2.40. The van der Waals surface area contributed by atoms with E-state index in [1.165, 1.54) is 10.7 Å². The van der Waals surface area contributed by atoms with Crippen molar-refractivity contribution in [2.45, 2.75) is 18.9 Å². The Kier molecular flexibility index (Phi) is 2.50. The molecule has 96 valence electrons. The maximum atomic E-state index is 11.3. The zero-order chi connectivity index (χ0) is 13.6. The van der Waals surface area contributed by atoms with Crippen LogP contribution in [-0.4, -0.2) is 36.8 Å². The summed E-state index contributed by atoms with van der Waals surface area (Å²) >= 11 is 5.78. The molecule has 1 aliphatic rings. The molecule has 0 radical (unpaired) electrons. The molecule has 0 saturated heterocycles. The van der Waals surface area contributed by atoms with E-state index in [0.29, 0.717) is 0 Å². The van der Waals surface area contributed by atoms with Crippen LogP contribution in [0.4, 0.5) is 10.6 Å². The lowest BCUT2D eigenvalue weighted by molar-refractivity contribution is 0.201. The highest BCUT2D eigenvalue weighted by Gasteiger charge is 2.36. The van der Waals surface area contributed by atoms with E-state index in [-0.39, 0.29) is 28.5 Å². The highest BCUT2D eigenvalue weighted by Crippen LogP contribution is 2.33. The van der Waals surface area contributed by atoms with Gasteiger partial charge in [-0.1, -0.05) is 0 Å². The van der Waals surface area contributed by atoms with E-state index in [2.05, 4.69) is 15.1 Å². The van der Waals surface area contributed by atoms with Gasteiger partial charge in [0.15, 0.2) is 17.2 Å². The van der Waals surface area contributed by atoms with Crippen LogP contribution in [0.2, 0.25) is 5.28 Å². The van der Waals surface area contributed by atoms with Gasteiger partial charge in [0.05, 0.1) is 6.20 Å². The zero-order valence-electron chi connectivity index (χ0n) is 9.49. The number of nitriles is 1. The number of rotatable bonds is 2. The fourth-order valence-corrected chi connectivity index (χ4v) is 1.99. The van der Waals surface area contributed by atoms with E-state index in [1.54, 1.807) is 0 Å². The molecule has 2 aromatic rings. The number of carbonyl (C=O) groups is 1. The van der Waals surface area contributed by atoms with E-state index >= 15 is 0 Å². The van der Waals surface area contributed by atoms with Crippen molar-refractivity contribution in [3.8, 4) is 6.07 Å². The van der Waals surface area contributed by atoms with E-state index in [9.17, 15) is 9.90 Å². The summed E-state index contributed by atoms with van der Waals surface area (Å²) < 4.78 is 1.20. The number of aromatic nitrogens is 4. The van der Waals surface area contributed by atoms with Gasteiger partial charge in [-0.2, -0.15) is 14.8 Å². The molecule has 1 amide bonds. The molecule has 0 spiro atoms. The van der Waals surface area contributed by atoms with Crippen molar-refractivity contribution in [3.05, 3.63) is 17.2 Å². The highest BCUT2D eigenvalue weighted by atomic mass is 35.5. The lowest BCUT2D eigenvalue weighted by Gasteiger charge is -2.17. The Labute approximate surface area is 111 Å². The first-order chi connectivity index (χ1) is 9.11. The summed E-state index contributed by atoms with van der Waals surface area (Å²) in [7, 11) is 0. The Balaban J connectivity index is 2.25. The van der Waals surface area contributed by atoms with Gasteiger partial charge in [-0.05, 0) is 24.4 Å². The topological polar surface area (TPSA) is 107 Å². The summed E-state index contributed by atoms with van der Waals surface area (Å²) in [6.45, 7) is 0. The lowest BCUT2D eigenvalue weighted by atomic mass is 10.5. The molecule has 1 saturated carbocycles. The van der Waals surface area contributed by atoms with Crippen molar-refractivity contribution >= 4 is 29.2 Å². The first-order valence-electron chi connectivity index (χ1n) is 5.45. The molecular formula is C10H7ClN6O2. The summed E-state index contributed by atoms with van der Waals surface area (Å²) in [5.41, 5.74) is 0.372. The monoisotopic (exact) mass is 278 g/mol. The van der Waals surface area contributed by atoms with Crippen LogP contribution in [0, 0.1) is 11.3 Å². The third-order valence-electron chi connectivity index (χ3n) is 2.78. The van der Waals surface area contributed by atoms with Crippen LogP contribution in [0.3, 0.4) is 0 Å². The van der Waals surface area contributed by atoms with Crippen molar-refractivity contribution in [3.63, 3.8) is 0 Å². The van der Waals surface area contributed by atoms with Crippen LogP contribution in [0.5, 0.6) is 0 Å². The van der Waals surface area contributed by atoms with Gasteiger partial charge < -0.3 is 5.11 Å². The summed E-state index contributed by atoms with van der Waals surface area (Å²) in [5, 5.41) is 21.9. The van der Waals surface area contributed by atoms with Gasteiger partial charge in [0, 0.05) is 6.04 Å². The fourth-order valence-electron chi connectivity index (χ4n) is 1.83. The van der Waals surface area contributed by atoms with Crippen molar-refractivity contribution in [2.24, 2.45) is 0 Å². The van der Waals surface area contributed by atoms with Crippen molar-refractivity contribution in [2.75, 3.05) is 4.90 Å². The molecule has 0 aromatic carbocycles. The standard InChI is InChI=1S/C10H7ClN6O2/c11-9-14-8(16(10(18)19)5-1-2-5)7-13-4-6(3-12)17(7)15-9/h4-5H,1-2H2,(H,18,19). The highest BCUT2D eigenvalue weighted by molar-refractivity contribution is 6.28. The average molecular weight is 279 g/mol. The average Bonchev–Trinajstić information content (AvgIpc) is 3.08. The second-order valence-electron chi connectivity index (χ2n) is 4.08. The Bertz CT molecular complexity index is 717. The number of fused-ring (bicyclic) bond motifs is 1. The number of anilines is 1. The Morgan fingerprint density at radius 2 is 2.37 bits per heavy atom. The first-order valence-corrected chi connectivity index (χ1v) is 5.83. The smallest absolute Gasteiger partial charge is 0.413 e. The van der Waals surface area contributed by atoms with Gasteiger partial charge in [0.25, 0.3) is 0 Å². The van der Waals surface area contributed by atoms with Gasteiger partial charge in [0.1, 0.15) is 6.07 Å². The third-order valence-corrected chi connectivity index (χ3v) is 2.94. The summed E-state index contributed by atoms with van der Waals surface area (Å²) in [5.74, 6) is 0.108. The maximum absolute atomic E-state index is 11.3. The number of imidazole rings is 1. The number of amides is 1. The first kappa shape index (κ1) is 11.7. The summed E-state index contributed by atoms with van der Waals surface area (Å²) in [6, 6.07) is 1.79. The number of carboxylic acid groups (broad SMARTS) is 1. The van der Waals surface area contributed by atoms with Crippen LogP contribution < -0.4 is 4.90 Å². The van der Waals surface area contributed by atoms with E-state index in [1.807, 2.05) is 6.07 Å². The molecule has 1 N–H and O–H groups in total. The van der Waals surface area contributed by atoms with Crippen LogP contribution in [0.25, 0.3) is 5.65 Å². The molecule has 0 bridgehead atoms. The van der Waals surface area contributed by atoms with Crippen molar-refractivity contribution < 1.29 is 9.90 Å². The molecule has 3 rings (SSSR count). The molecule has 9 heteroatoms. The largest absolute Gasteiger partial charge is 0.465 e. The quantitative estimate of drug-likeness (QED) is 0.887. The molecule has 0 atom stereocenters. The van der Waals surface area contributed by atoms with E-state index in [4.69, 9.17) is 16.9 Å². The lowest BCUT2D eigenvalue weighted by Crippen LogP contribution is -2.33. The predicted molar refractivity (Wildman–Crippen MR) is 64.0 cm³/mol. The van der Waals surface area contributed by atoms with Crippen LogP contribution in [0.15, 0.2) is 6.20 Å². The Morgan fingerprint density at radius 3 is 2.95 bits per heavy atom.